The van der Waals surface area contributed by atoms with Crippen LogP contribution in [-0.2, 0) is 20.9 Å². The minimum absolute atomic E-state index is 0.211. The first-order valence-corrected chi connectivity index (χ1v) is 10.2. The molecule has 0 aromatic rings. The van der Waals surface area contributed by atoms with Gasteiger partial charge < -0.3 is 9.29 Å². The van der Waals surface area contributed by atoms with E-state index in [4.69, 9.17) is 4.74 Å². The van der Waals surface area contributed by atoms with Crippen LogP contribution in [0.2, 0.25) is 0 Å². The fourth-order valence-corrected chi connectivity index (χ4v) is 3.73. The molecule has 1 rings (SSSR count). The Balaban J connectivity index is 3.25. The van der Waals surface area contributed by atoms with Crippen LogP contribution in [0.25, 0.3) is 0 Å². The maximum absolute atomic E-state index is 12.9. The molecule has 0 heterocycles. The SMILES string of the molecule is C=CCOC(=O)[C@]1(CCCC)CCCCC/C1=N\[S+]([O-])C(C)(C)C. The molecule has 0 radical (unpaired) electrons. The van der Waals surface area contributed by atoms with Gasteiger partial charge in [0, 0.05) is 0 Å². The van der Waals surface area contributed by atoms with E-state index in [1.807, 2.05) is 20.8 Å². The number of hydrogen-bond donors (Lipinski definition) is 0. The molecule has 0 aliphatic heterocycles. The highest BCUT2D eigenvalue weighted by Gasteiger charge is 2.46. The molecule has 24 heavy (non-hydrogen) atoms. The van der Waals surface area contributed by atoms with Crippen molar-refractivity contribution in [2.24, 2.45) is 9.81 Å². The van der Waals surface area contributed by atoms with Crippen LogP contribution in [0.3, 0.4) is 0 Å². The third-order valence-electron chi connectivity index (χ3n) is 4.47. The van der Waals surface area contributed by atoms with Crippen molar-refractivity contribution in [3.05, 3.63) is 12.7 Å². The van der Waals surface area contributed by atoms with Crippen LogP contribution >= 0.6 is 0 Å². The highest BCUT2D eigenvalue weighted by molar-refractivity contribution is 7.91. The summed E-state index contributed by atoms with van der Waals surface area (Å²) in [5.74, 6) is -0.220. The molecule has 1 saturated carbocycles. The van der Waals surface area contributed by atoms with Gasteiger partial charge in [-0.2, -0.15) is 0 Å². The summed E-state index contributed by atoms with van der Waals surface area (Å²) in [6.07, 6.45) is 8.76. The second-order valence-electron chi connectivity index (χ2n) is 7.53. The van der Waals surface area contributed by atoms with Crippen molar-refractivity contribution in [3.8, 4) is 0 Å². The van der Waals surface area contributed by atoms with Gasteiger partial charge in [-0.15, -0.1) is 0 Å². The van der Waals surface area contributed by atoms with Crippen LogP contribution in [0.4, 0.5) is 0 Å². The van der Waals surface area contributed by atoms with E-state index in [2.05, 4.69) is 17.9 Å². The van der Waals surface area contributed by atoms with Gasteiger partial charge in [-0.25, -0.2) is 0 Å². The molecule has 0 saturated heterocycles. The van der Waals surface area contributed by atoms with Crippen molar-refractivity contribution >= 4 is 23.0 Å². The molecule has 0 aromatic carbocycles. The Morgan fingerprint density at radius 3 is 2.71 bits per heavy atom. The lowest BCUT2D eigenvalue weighted by atomic mass is 9.74. The fourth-order valence-electron chi connectivity index (χ4n) is 2.99. The molecule has 0 aromatic heterocycles. The number of nitrogens with zero attached hydrogens (tertiary/aromatic N) is 1. The van der Waals surface area contributed by atoms with Gasteiger partial charge in [-0.1, -0.05) is 49.7 Å². The standard InChI is InChI=1S/C19H33NO3S/c1-6-8-13-19(17(21)23-15-7-2)14-11-9-10-12-16(19)20-24(22)18(3,4)5/h7H,2,6,8-15H2,1,3-5H3/b20-16+/t19-,24?/m1/s1. The molecule has 138 valence electrons. The molecular formula is C19H33NO3S. The number of ether oxygens (including phenoxy) is 1. The third kappa shape index (κ3) is 5.62. The lowest BCUT2D eigenvalue weighted by Crippen LogP contribution is -2.41. The van der Waals surface area contributed by atoms with Crippen LogP contribution < -0.4 is 0 Å². The molecular weight excluding hydrogens is 322 g/mol. The molecule has 1 unspecified atom stereocenters. The van der Waals surface area contributed by atoms with Gasteiger partial charge >= 0.3 is 5.97 Å². The summed E-state index contributed by atoms with van der Waals surface area (Å²) >= 11 is -1.36. The van der Waals surface area contributed by atoms with Crippen LogP contribution in [0.1, 0.15) is 79.1 Å². The summed E-state index contributed by atoms with van der Waals surface area (Å²) in [5, 5.41) is 0. The van der Waals surface area contributed by atoms with Gasteiger partial charge in [0.1, 0.15) is 28.1 Å². The minimum atomic E-state index is -1.36. The summed E-state index contributed by atoms with van der Waals surface area (Å²) < 4.78 is 22.2. The first-order valence-electron chi connectivity index (χ1n) is 9.06. The molecule has 1 aliphatic carbocycles. The van der Waals surface area contributed by atoms with Gasteiger partial charge in [0.05, 0.1) is 5.71 Å². The van der Waals surface area contributed by atoms with E-state index in [-0.39, 0.29) is 12.6 Å². The first-order chi connectivity index (χ1) is 11.3. The zero-order valence-corrected chi connectivity index (χ0v) is 16.5. The van der Waals surface area contributed by atoms with Crippen molar-refractivity contribution in [1.29, 1.82) is 0 Å². The fraction of sp³-hybridized carbons (Fsp3) is 0.789. The van der Waals surface area contributed by atoms with Gasteiger partial charge in [0.2, 0.25) is 0 Å². The van der Waals surface area contributed by atoms with E-state index < -0.39 is 21.5 Å². The summed E-state index contributed by atoms with van der Waals surface area (Å²) in [5.41, 5.74) is 0.0759. The highest BCUT2D eigenvalue weighted by Crippen LogP contribution is 2.40. The van der Waals surface area contributed by atoms with Crippen molar-refractivity contribution in [1.82, 2.24) is 0 Å². The average molecular weight is 356 g/mol. The summed E-state index contributed by atoms with van der Waals surface area (Å²) in [6, 6.07) is 0. The van der Waals surface area contributed by atoms with E-state index >= 15 is 0 Å². The zero-order chi connectivity index (χ0) is 18.2. The molecule has 1 fully saturated rings. The van der Waals surface area contributed by atoms with Crippen LogP contribution in [-0.4, -0.2) is 27.6 Å². The number of unbranched alkanes of at least 4 members (excludes halogenated alkanes) is 1. The number of esters is 1. The monoisotopic (exact) mass is 355 g/mol. The molecule has 0 N–H and O–H groups in total. The van der Waals surface area contributed by atoms with Gasteiger partial charge in [-0.05, 0) is 46.5 Å². The Morgan fingerprint density at radius 2 is 2.12 bits per heavy atom. The van der Waals surface area contributed by atoms with Gasteiger partial charge in [0.25, 0.3) is 0 Å². The van der Waals surface area contributed by atoms with Gasteiger partial charge in [-0.3, -0.25) is 4.79 Å². The predicted octanol–water partition coefficient (Wildman–Crippen LogP) is 4.76. The third-order valence-corrected chi connectivity index (χ3v) is 5.90. The molecule has 0 spiro atoms. The van der Waals surface area contributed by atoms with Crippen molar-refractivity contribution in [2.75, 3.05) is 6.61 Å². The number of carbonyl (C=O) groups excluding carboxylic acids is 1. The van der Waals surface area contributed by atoms with Crippen molar-refractivity contribution in [2.45, 2.75) is 83.8 Å². The smallest absolute Gasteiger partial charge is 0.318 e. The van der Waals surface area contributed by atoms with E-state index in [1.54, 1.807) is 6.08 Å². The van der Waals surface area contributed by atoms with E-state index in [1.165, 1.54) is 0 Å². The summed E-state index contributed by atoms with van der Waals surface area (Å²) in [4.78, 5) is 12.9. The topological polar surface area (TPSA) is 61.7 Å². The van der Waals surface area contributed by atoms with E-state index in [0.717, 1.165) is 57.1 Å². The lowest BCUT2D eigenvalue weighted by molar-refractivity contribution is -0.151. The predicted molar refractivity (Wildman–Crippen MR) is 102 cm³/mol. The van der Waals surface area contributed by atoms with Crippen LogP contribution in [0.15, 0.2) is 17.1 Å². The van der Waals surface area contributed by atoms with Crippen LogP contribution in [0, 0.1) is 5.41 Å². The Bertz CT molecular complexity index is 456. The molecule has 1 aliphatic rings. The molecule has 0 bridgehead atoms. The number of hydrogen-bond acceptors (Lipinski definition) is 4. The summed E-state index contributed by atoms with van der Waals surface area (Å²) in [6.45, 7) is 11.7. The molecule has 2 atom stereocenters. The average Bonchev–Trinajstić information content (AvgIpc) is 2.73. The largest absolute Gasteiger partial charge is 0.591 e. The maximum atomic E-state index is 12.9. The van der Waals surface area contributed by atoms with Crippen molar-refractivity contribution < 1.29 is 14.1 Å². The first kappa shape index (κ1) is 21.2. The van der Waals surface area contributed by atoms with E-state index in [0.29, 0.717) is 0 Å². The van der Waals surface area contributed by atoms with Gasteiger partial charge in [0.15, 0.2) is 0 Å². The Hall–Kier alpha value is -0.810. The normalized spacial score (nSPS) is 25.1. The second-order valence-corrected chi connectivity index (χ2v) is 9.44. The molecule has 4 nitrogen and oxygen atoms in total. The second kappa shape index (κ2) is 9.62. The number of carbonyl (C=O) groups is 1. The Labute approximate surface area is 150 Å². The number of rotatable bonds is 7. The van der Waals surface area contributed by atoms with E-state index in [9.17, 15) is 9.35 Å². The highest BCUT2D eigenvalue weighted by atomic mass is 32.2. The van der Waals surface area contributed by atoms with Crippen molar-refractivity contribution in [3.63, 3.8) is 0 Å². The minimum Gasteiger partial charge on any atom is -0.591 e. The lowest BCUT2D eigenvalue weighted by Gasteiger charge is -2.32. The zero-order valence-electron chi connectivity index (χ0n) is 15.7. The molecule has 5 heteroatoms. The Kier molecular flexibility index (Phi) is 8.51. The maximum Gasteiger partial charge on any atom is 0.318 e. The Morgan fingerprint density at radius 1 is 1.42 bits per heavy atom. The molecule has 0 amide bonds. The quantitative estimate of drug-likeness (QED) is 0.286. The summed E-state index contributed by atoms with van der Waals surface area (Å²) in [7, 11) is 0. The van der Waals surface area contributed by atoms with Crippen LogP contribution in [0.5, 0.6) is 0 Å².